The smallest absolute Gasteiger partial charge is 0.251 e. The van der Waals surface area contributed by atoms with Crippen LogP contribution in [0, 0.1) is 6.92 Å². The molecule has 3 N–H and O–H groups in total. The van der Waals surface area contributed by atoms with Crippen molar-refractivity contribution in [1.82, 2.24) is 15.4 Å². The molecule has 0 unspecified atom stereocenters. The molecule has 1 aromatic carbocycles. The van der Waals surface area contributed by atoms with Gasteiger partial charge in [-0.3, -0.25) is 4.79 Å². The molecule has 1 amide bonds. The molecule has 124 valence electrons. The van der Waals surface area contributed by atoms with E-state index in [1.54, 1.807) is 19.9 Å². The molecule has 0 aliphatic rings. The molecule has 0 aliphatic heterocycles. The van der Waals surface area contributed by atoms with Crippen LogP contribution in [-0.4, -0.2) is 40.0 Å². The molecule has 0 aromatic heterocycles. The molecule has 0 saturated carbocycles. The lowest BCUT2D eigenvalue weighted by Gasteiger charge is -2.14. The standard InChI is InChI=1S/C15H25N3O3S/c1-5-16-12(4)10-17-15(19)14-9-13(8-7-11(14)3)22(20,21)18-6-2/h7-9,12,16,18H,5-6,10H2,1-4H3,(H,17,19)/t12-/m1/s1. The van der Waals surface area contributed by atoms with E-state index < -0.39 is 10.0 Å². The third-order valence-electron chi connectivity index (χ3n) is 3.22. The van der Waals surface area contributed by atoms with Crippen molar-refractivity contribution in [2.45, 2.75) is 38.6 Å². The molecular weight excluding hydrogens is 302 g/mol. The fourth-order valence-electron chi connectivity index (χ4n) is 2.05. The van der Waals surface area contributed by atoms with Crippen molar-refractivity contribution in [3.05, 3.63) is 29.3 Å². The number of benzene rings is 1. The second kappa shape index (κ2) is 8.26. The quantitative estimate of drug-likeness (QED) is 0.665. The summed E-state index contributed by atoms with van der Waals surface area (Å²) in [5.74, 6) is -0.268. The van der Waals surface area contributed by atoms with Gasteiger partial charge >= 0.3 is 0 Å². The van der Waals surface area contributed by atoms with Gasteiger partial charge in [0.2, 0.25) is 10.0 Å². The topological polar surface area (TPSA) is 87.3 Å². The fourth-order valence-corrected chi connectivity index (χ4v) is 3.11. The highest BCUT2D eigenvalue weighted by atomic mass is 32.2. The van der Waals surface area contributed by atoms with E-state index in [2.05, 4.69) is 15.4 Å². The minimum atomic E-state index is -3.57. The molecule has 7 heteroatoms. The van der Waals surface area contributed by atoms with E-state index in [4.69, 9.17) is 0 Å². The van der Waals surface area contributed by atoms with Gasteiger partial charge < -0.3 is 10.6 Å². The van der Waals surface area contributed by atoms with E-state index >= 15 is 0 Å². The number of hydrogen-bond donors (Lipinski definition) is 3. The van der Waals surface area contributed by atoms with Crippen molar-refractivity contribution < 1.29 is 13.2 Å². The molecule has 1 atom stereocenters. The number of hydrogen-bond acceptors (Lipinski definition) is 4. The Morgan fingerprint density at radius 2 is 1.91 bits per heavy atom. The Balaban J connectivity index is 2.92. The van der Waals surface area contributed by atoms with Gasteiger partial charge in [0.25, 0.3) is 5.91 Å². The molecule has 22 heavy (non-hydrogen) atoms. The zero-order chi connectivity index (χ0) is 16.8. The van der Waals surface area contributed by atoms with E-state index in [1.165, 1.54) is 12.1 Å². The zero-order valence-corrected chi connectivity index (χ0v) is 14.4. The van der Waals surface area contributed by atoms with Crippen molar-refractivity contribution in [1.29, 1.82) is 0 Å². The van der Waals surface area contributed by atoms with Crippen molar-refractivity contribution in [2.24, 2.45) is 0 Å². The molecule has 0 fully saturated rings. The summed E-state index contributed by atoms with van der Waals surface area (Å²) in [5.41, 5.74) is 1.12. The second-order valence-electron chi connectivity index (χ2n) is 5.15. The normalized spacial score (nSPS) is 12.9. The lowest BCUT2D eigenvalue weighted by atomic mass is 10.1. The Bertz CT molecular complexity index is 614. The summed E-state index contributed by atoms with van der Waals surface area (Å²) >= 11 is 0. The predicted molar refractivity (Wildman–Crippen MR) is 87.5 cm³/mol. The first-order valence-electron chi connectivity index (χ1n) is 7.43. The van der Waals surface area contributed by atoms with Gasteiger partial charge in [0.15, 0.2) is 0 Å². The molecule has 0 radical (unpaired) electrons. The van der Waals surface area contributed by atoms with Crippen LogP contribution in [0.1, 0.15) is 36.7 Å². The van der Waals surface area contributed by atoms with Crippen LogP contribution in [0.15, 0.2) is 23.1 Å². The van der Waals surface area contributed by atoms with Gasteiger partial charge in [0, 0.05) is 24.7 Å². The van der Waals surface area contributed by atoms with Gasteiger partial charge in [-0.1, -0.05) is 19.9 Å². The third-order valence-corrected chi connectivity index (χ3v) is 4.76. The van der Waals surface area contributed by atoms with Crippen LogP contribution >= 0.6 is 0 Å². The third kappa shape index (κ3) is 5.08. The van der Waals surface area contributed by atoms with Crippen LogP contribution < -0.4 is 15.4 Å². The van der Waals surface area contributed by atoms with Crippen LogP contribution in [0.25, 0.3) is 0 Å². The number of nitrogens with one attached hydrogen (secondary N) is 3. The van der Waals surface area contributed by atoms with Gasteiger partial charge in [-0.2, -0.15) is 0 Å². The predicted octanol–water partition coefficient (Wildman–Crippen LogP) is 1.02. The molecule has 1 rings (SSSR count). The summed E-state index contributed by atoms with van der Waals surface area (Å²) in [6.07, 6.45) is 0. The van der Waals surface area contributed by atoms with Gasteiger partial charge in [0.1, 0.15) is 0 Å². The van der Waals surface area contributed by atoms with Crippen LogP contribution in [-0.2, 0) is 10.0 Å². The van der Waals surface area contributed by atoms with Gasteiger partial charge in [-0.15, -0.1) is 0 Å². The molecule has 1 aromatic rings. The summed E-state index contributed by atoms with van der Waals surface area (Å²) in [6, 6.07) is 4.72. The van der Waals surface area contributed by atoms with Crippen molar-refractivity contribution in [2.75, 3.05) is 19.6 Å². The first-order chi connectivity index (χ1) is 10.3. The van der Waals surface area contributed by atoms with Crippen LogP contribution in [0.4, 0.5) is 0 Å². The molecule has 0 aliphatic carbocycles. The molecule has 0 saturated heterocycles. The monoisotopic (exact) mass is 327 g/mol. The Morgan fingerprint density at radius 1 is 1.23 bits per heavy atom. The van der Waals surface area contributed by atoms with E-state index in [1.807, 2.05) is 13.8 Å². The zero-order valence-electron chi connectivity index (χ0n) is 13.6. The van der Waals surface area contributed by atoms with Crippen LogP contribution in [0.5, 0.6) is 0 Å². The molecule has 0 bridgehead atoms. The van der Waals surface area contributed by atoms with Crippen LogP contribution in [0.2, 0.25) is 0 Å². The Labute approximate surface area is 132 Å². The number of carbonyl (C=O) groups excluding carboxylic acids is 1. The lowest BCUT2D eigenvalue weighted by Crippen LogP contribution is -2.39. The maximum absolute atomic E-state index is 12.3. The van der Waals surface area contributed by atoms with E-state index in [9.17, 15) is 13.2 Å². The summed E-state index contributed by atoms with van der Waals surface area (Å²) < 4.78 is 26.5. The van der Waals surface area contributed by atoms with Crippen molar-refractivity contribution in [3.63, 3.8) is 0 Å². The first kappa shape index (κ1) is 18.6. The molecule has 0 heterocycles. The largest absolute Gasteiger partial charge is 0.350 e. The second-order valence-corrected chi connectivity index (χ2v) is 6.91. The minimum Gasteiger partial charge on any atom is -0.350 e. The van der Waals surface area contributed by atoms with E-state index in [0.717, 1.165) is 12.1 Å². The van der Waals surface area contributed by atoms with Crippen molar-refractivity contribution in [3.8, 4) is 0 Å². The maximum Gasteiger partial charge on any atom is 0.251 e. The number of likely N-dealkylation sites (N-methyl/N-ethyl adjacent to an activating group) is 1. The number of carbonyl (C=O) groups is 1. The summed E-state index contributed by atoms with van der Waals surface area (Å²) in [5, 5.41) is 6.02. The Morgan fingerprint density at radius 3 is 2.50 bits per heavy atom. The van der Waals surface area contributed by atoms with Gasteiger partial charge in [-0.05, 0) is 38.1 Å². The van der Waals surface area contributed by atoms with Crippen molar-refractivity contribution >= 4 is 15.9 Å². The van der Waals surface area contributed by atoms with Gasteiger partial charge in [0.05, 0.1) is 4.90 Å². The van der Waals surface area contributed by atoms with Crippen LogP contribution in [0.3, 0.4) is 0 Å². The maximum atomic E-state index is 12.3. The highest BCUT2D eigenvalue weighted by Gasteiger charge is 2.17. The first-order valence-corrected chi connectivity index (χ1v) is 8.92. The molecule has 0 spiro atoms. The lowest BCUT2D eigenvalue weighted by molar-refractivity contribution is 0.0949. The highest BCUT2D eigenvalue weighted by molar-refractivity contribution is 7.89. The summed E-state index contributed by atoms with van der Waals surface area (Å²) in [4.78, 5) is 12.4. The Kier molecular flexibility index (Phi) is 6.99. The number of rotatable bonds is 8. The average Bonchev–Trinajstić information content (AvgIpc) is 2.45. The number of aryl methyl sites for hydroxylation is 1. The fraction of sp³-hybridized carbons (Fsp3) is 0.533. The molecular formula is C15H25N3O3S. The van der Waals surface area contributed by atoms with Gasteiger partial charge in [-0.25, -0.2) is 13.1 Å². The minimum absolute atomic E-state index is 0.102. The summed E-state index contributed by atoms with van der Waals surface area (Å²) in [7, 11) is -3.57. The highest BCUT2D eigenvalue weighted by Crippen LogP contribution is 2.15. The number of sulfonamides is 1. The summed E-state index contributed by atoms with van der Waals surface area (Å²) in [6.45, 7) is 9.08. The van der Waals surface area contributed by atoms with E-state index in [-0.39, 0.29) is 16.8 Å². The molecule has 6 nitrogen and oxygen atoms in total. The van der Waals surface area contributed by atoms with E-state index in [0.29, 0.717) is 18.7 Å². The SMILES string of the molecule is CCN[C@H](C)CNC(=O)c1cc(S(=O)(=O)NCC)ccc1C. The Hall–Kier alpha value is -1.44. The number of amides is 1. The average molecular weight is 327 g/mol.